The second kappa shape index (κ2) is 11.0. The summed E-state index contributed by atoms with van der Waals surface area (Å²) in [6.45, 7) is 9.94. The molecule has 43 heavy (non-hydrogen) atoms. The number of aromatic nitrogens is 4. The molecule has 4 aromatic rings. The number of amides is 1. The molecule has 3 aliphatic rings. The molecule has 6 heterocycles. The minimum atomic E-state index is -0.0322. The number of aryl methyl sites for hydroxylation is 2. The quantitative estimate of drug-likeness (QED) is 0.151. The average molecular weight is 692 g/mol. The molecule has 1 amide bonds. The second-order valence-electron chi connectivity index (χ2n) is 12.4. The van der Waals surface area contributed by atoms with Crippen molar-refractivity contribution in [1.29, 1.82) is 0 Å². The van der Waals surface area contributed by atoms with Crippen molar-refractivity contribution in [3.8, 4) is 17.3 Å². The van der Waals surface area contributed by atoms with Crippen molar-refractivity contribution >= 4 is 56.1 Å². The zero-order valence-electron chi connectivity index (χ0n) is 25.1. The van der Waals surface area contributed by atoms with Crippen LogP contribution in [0.4, 0.5) is 5.82 Å². The minimum absolute atomic E-state index is 0.0322. The first-order chi connectivity index (χ1) is 20.8. The Morgan fingerprint density at radius 3 is 2.93 bits per heavy atom. The molecule has 3 saturated heterocycles. The fraction of sp³-hybridized carbons (Fsp3) is 0.455. The number of hydrogen-bond donors (Lipinski definition) is 0. The normalized spacial score (nSPS) is 23.8. The number of carbonyl (C=O) groups excluding carboxylic acids is 1. The van der Waals surface area contributed by atoms with Gasteiger partial charge in [0.2, 0.25) is 5.91 Å². The highest BCUT2D eigenvalue weighted by atomic mass is 127. The number of rotatable bonds is 7. The predicted molar refractivity (Wildman–Crippen MR) is 179 cm³/mol. The van der Waals surface area contributed by atoms with Crippen LogP contribution in [0.5, 0.6) is 6.01 Å². The number of hydrogen-bond acceptors (Lipinski definition) is 7. The van der Waals surface area contributed by atoms with Crippen LogP contribution in [0, 0.1) is 6.92 Å². The maximum absolute atomic E-state index is 12.3. The molecule has 3 aliphatic heterocycles. The Balaban J connectivity index is 1.31. The number of fused-ring (bicyclic) bond motifs is 3. The van der Waals surface area contributed by atoms with Gasteiger partial charge in [0.05, 0.1) is 22.1 Å². The number of carbonyl (C=O) groups is 1. The topological polar surface area (TPSA) is 79.6 Å². The maximum Gasteiger partial charge on any atom is 0.319 e. The number of alkyl halides is 1. The zero-order chi connectivity index (χ0) is 29.9. The van der Waals surface area contributed by atoms with Gasteiger partial charge in [-0.25, -0.2) is 0 Å². The summed E-state index contributed by atoms with van der Waals surface area (Å²) in [6.07, 6.45) is 9.74. The van der Waals surface area contributed by atoms with Gasteiger partial charge in [0.25, 0.3) is 0 Å². The van der Waals surface area contributed by atoms with Gasteiger partial charge in [-0.1, -0.05) is 41.3 Å². The number of ether oxygens (including phenoxy) is 1. The summed E-state index contributed by atoms with van der Waals surface area (Å²) >= 11 is 2.58. The van der Waals surface area contributed by atoms with Crippen LogP contribution in [0.15, 0.2) is 49.3 Å². The highest BCUT2D eigenvalue weighted by Crippen LogP contribution is 2.42. The molecule has 10 heteroatoms. The van der Waals surface area contributed by atoms with Crippen LogP contribution in [0.25, 0.3) is 33.1 Å². The molecule has 0 radical (unpaired) electrons. The highest BCUT2D eigenvalue weighted by molar-refractivity contribution is 14.1. The van der Waals surface area contributed by atoms with E-state index in [0.717, 1.165) is 76.8 Å². The van der Waals surface area contributed by atoms with Crippen molar-refractivity contribution in [2.75, 3.05) is 44.7 Å². The van der Waals surface area contributed by atoms with E-state index in [0.29, 0.717) is 29.6 Å². The number of likely N-dealkylation sites (N-methyl/N-ethyl adjacent to an activating group) is 1. The third kappa shape index (κ3) is 4.86. The van der Waals surface area contributed by atoms with Crippen LogP contribution in [0.2, 0.25) is 0 Å². The average Bonchev–Trinajstić information content (AvgIpc) is 3.79. The van der Waals surface area contributed by atoms with Gasteiger partial charge in [0.1, 0.15) is 12.4 Å². The Morgan fingerprint density at radius 2 is 2.09 bits per heavy atom. The van der Waals surface area contributed by atoms with Gasteiger partial charge >= 0.3 is 6.01 Å². The van der Waals surface area contributed by atoms with Gasteiger partial charge in [-0.15, -0.1) is 0 Å². The van der Waals surface area contributed by atoms with Crippen LogP contribution < -0.4 is 9.64 Å². The Hall–Kier alpha value is -3.25. The number of likely N-dealkylation sites (tertiary alicyclic amines) is 1. The van der Waals surface area contributed by atoms with E-state index < -0.39 is 0 Å². The highest BCUT2D eigenvalue weighted by Gasteiger charge is 2.48. The summed E-state index contributed by atoms with van der Waals surface area (Å²) in [5.74, 6) is 0.757. The van der Waals surface area contributed by atoms with Gasteiger partial charge in [-0.3, -0.25) is 14.7 Å². The molecular formula is C33H38IN7O2. The molecule has 9 nitrogen and oxygen atoms in total. The maximum atomic E-state index is 12.3. The van der Waals surface area contributed by atoms with Crippen LogP contribution in [-0.2, 0) is 11.8 Å². The fourth-order valence-electron chi connectivity index (χ4n) is 7.50. The molecule has 1 aromatic carbocycles. The molecule has 3 aromatic heterocycles. The van der Waals surface area contributed by atoms with Crippen molar-refractivity contribution in [1.82, 2.24) is 29.3 Å². The van der Waals surface area contributed by atoms with Crippen LogP contribution >= 0.6 is 22.6 Å². The van der Waals surface area contributed by atoms with Gasteiger partial charge < -0.3 is 19.1 Å². The predicted octanol–water partition coefficient (Wildman–Crippen LogP) is 5.14. The number of pyridine rings is 1. The van der Waals surface area contributed by atoms with E-state index in [1.807, 2.05) is 11.1 Å². The first kappa shape index (κ1) is 28.5. The van der Waals surface area contributed by atoms with Gasteiger partial charge in [-0.05, 0) is 57.4 Å². The Labute approximate surface area is 266 Å². The van der Waals surface area contributed by atoms with Crippen molar-refractivity contribution < 1.29 is 9.53 Å². The molecular weight excluding hydrogens is 653 g/mol. The van der Waals surface area contributed by atoms with E-state index in [4.69, 9.17) is 19.7 Å². The van der Waals surface area contributed by atoms with Crippen molar-refractivity contribution in [2.24, 2.45) is 7.05 Å². The Morgan fingerprint density at radius 1 is 1.23 bits per heavy atom. The number of anilines is 1. The fourth-order valence-corrected chi connectivity index (χ4v) is 8.80. The molecule has 0 N–H and O–H groups in total. The van der Waals surface area contributed by atoms with Crippen molar-refractivity contribution in [3.63, 3.8) is 0 Å². The van der Waals surface area contributed by atoms with Crippen molar-refractivity contribution in [3.05, 3.63) is 54.9 Å². The van der Waals surface area contributed by atoms with Gasteiger partial charge in [-0.2, -0.15) is 9.97 Å². The summed E-state index contributed by atoms with van der Waals surface area (Å²) in [5.41, 5.74) is 5.07. The van der Waals surface area contributed by atoms with E-state index in [1.54, 1.807) is 0 Å². The SMILES string of the molecule is C=CC(=O)N1CCC(N(C)c2nc(OCC34CCCN3CC(I)C4)nc3c(C)c(-c4cccc5c4ccn5C)ncc23)C1. The number of benzene rings is 1. The van der Waals surface area contributed by atoms with E-state index in [2.05, 4.69) is 95.0 Å². The molecule has 0 aliphatic carbocycles. The number of nitrogens with zero attached hydrogens (tertiary/aromatic N) is 7. The minimum Gasteiger partial charge on any atom is -0.461 e. The standard InChI is InChI=1S/C33H38IN7O2/c1-5-28(42)40-15-10-23(19-40)39(4)31-26-17-35-29(25-8-6-9-27-24(25)11-14-38(27)3)21(2)30(26)36-32(37-31)43-20-33-12-7-13-41(33)18-22(34)16-33/h5-6,8-9,11,14,17,22-23H,1,7,10,12-13,15-16,18-20H2,2-4H3. The monoisotopic (exact) mass is 691 g/mol. The lowest BCUT2D eigenvalue weighted by molar-refractivity contribution is -0.125. The summed E-state index contributed by atoms with van der Waals surface area (Å²) in [6, 6.07) is 9.02. The van der Waals surface area contributed by atoms with E-state index in [9.17, 15) is 4.79 Å². The molecule has 224 valence electrons. The summed E-state index contributed by atoms with van der Waals surface area (Å²) in [7, 11) is 4.12. The smallest absolute Gasteiger partial charge is 0.319 e. The summed E-state index contributed by atoms with van der Waals surface area (Å²) in [4.78, 5) is 34.1. The Kier molecular flexibility index (Phi) is 7.32. The molecule has 0 saturated carbocycles. The summed E-state index contributed by atoms with van der Waals surface area (Å²) in [5, 5.41) is 2.05. The molecule has 7 rings (SSSR count). The van der Waals surface area contributed by atoms with Crippen molar-refractivity contribution in [2.45, 2.75) is 48.1 Å². The summed E-state index contributed by atoms with van der Waals surface area (Å²) < 4.78 is 9.33. The van der Waals surface area contributed by atoms with Crippen LogP contribution in [0.1, 0.15) is 31.2 Å². The molecule has 0 spiro atoms. The third-order valence-corrected chi connectivity index (χ3v) is 10.7. The second-order valence-corrected chi connectivity index (χ2v) is 14.2. The lowest BCUT2D eigenvalue weighted by Crippen LogP contribution is -2.43. The zero-order valence-corrected chi connectivity index (χ0v) is 27.2. The molecule has 0 bridgehead atoms. The molecule has 3 atom stereocenters. The van der Waals surface area contributed by atoms with Gasteiger partial charge in [0.15, 0.2) is 0 Å². The first-order valence-corrected chi connectivity index (χ1v) is 16.4. The van der Waals surface area contributed by atoms with Crippen LogP contribution in [0.3, 0.4) is 0 Å². The third-order valence-electron chi connectivity index (χ3n) is 9.88. The largest absolute Gasteiger partial charge is 0.461 e. The van der Waals surface area contributed by atoms with E-state index >= 15 is 0 Å². The number of halogens is 1. The molecule has 3 unspecified atom stereocenters. The van der Waals surface area contributed by atoms with E-state index in [1.165, 1.54) is 12.5 Å². The molecule has 3 fully saturated rings. The lowest BCUT2D eigenvalue weighted by atomic mass is 9.95. The van der Waals surface area contributed by atoms with Crippen LogP contribution in [-0.4, -0.2) is 90.6 Å². The first-order valence-electron chi connectivity index (χ1n) is 15.2. The Bertz CT molecular complexity index is 1740. The van der Waals surface area contributed by atoms with E-state index in [-0.39, 0.29) is 17.5 Å². The van der Waals surface area contributed by atoms with Gasteiger partial charge in [0, 0.05) is 78.1 Å². The lowest BCUT2D eigenvalue weighted by Gasteiger charge is -2.31.